The molecule has 0 fully saturated rings. The third-order valence-corrected chi connectivity index (χ3v) is 2.63. The smallest absolute Gasteiger partial charge is 0.259 e. The van der Waals surface area contributed by atoms with Crippen LogP contribution in [0, 0.1) is 25.5 Å². The van der Waals surface area contributed by atoms with Gasteiger partial charge in [0.05, 0.1) is 22.6 Å². The van der Waals surface area contributed by atoms with Crippen LogP contribution in [-0.2, 0) is 0 Å². The van der Waals surface area contributed by atoms with Crippen molar-refractivity contribution in [2.75, 3.05) is 5.32 Å². The molecule has 0 saturated carbocycles. The number of carbonyl (C=O) groups is 1. The highest BCUT2D eigenvalue weighted by Gasteiger charge is 2.15. The van der Waals surface area contributed by atoms with E-state index in [2.05, 4.69) is 15.3 Å². The average molecular weight is 263 g/mol. The van der Waals surface area contributed by atoms with Crippen LogP contribution in [0.4, 0.5) is 14.5 Å². The van der Waals surface area contributed by atoms with Crippen molar-refractivity contribution in [2.24, 2.45) is 0 Å². The minimum Gasteiger partial charge on any atom is -0.319 e. The van der Waals surface area contributed by atoms with Gasteiger partial charge in [0, 0.05) is 6.07 Å². The minimum atomic E-state index is -0.833. The zero-order valence-electron chi connectivity index (χ0n) is 10.4. The Morgan fingerprint density at radius 1 is 1.16 bits per heavy atom. The van der Waals surface area contributed by atoms with Gasteiger partial charge in [-0.2, -0.15) is 0 Å². The predicted molar refractivity (Wildman–Crippen MR) is 65.8 cm³/mol. The molecule has 0 aliphatic carbocycles. The van der Waals surface area contributed by atoms with E-state index in [1.54, 1.807) is 13.8 Å². The maximum Gasteiger partial charge on any atom is 0.259 e. The van der Waals surface area contributed by atoms with Crippen LogP contribution < -0.4 is 5.32 Å². The number of nitrogens with one attached hydrogen (secondary N) is 1. The van der Waals surface area contributed by atoms with E-state index in [0.29, 0.717) is 17.5 Å². The molecule has 4 nitrogen and oxygen atoms in total. The van der Waals surface area contributed by atoms with Crippen LogP contribution in [0.3, 0.4) is 0 Å². The number of aromatic nitrogens is 2. The van der Waals surface area contributed by atoms with Crippen LogP contribution in [0.2, 0.25) is 0 Å². The molecule has 98 valence electrons. The first-order valence-electron chi connectivity index (χ1n) is 5.53. The lowest BCUT2D eigenvalue weighted by Crippen LogP contribution is -2.17. The number of rotatable bonds is 2. The molecule has 0 bridgehead atoms. The van der Waals surface area contributed by atoms with Crippen LogP contribution in [0.1, 0.15) is 21.7 Å². The summed E-state index contributed by atoms with van der Waals surface area (Å²) in [6.07, 6.45) is 1.35. The van der Waals surface area contributed by atoms with E-state index >= 15 is 0 Å². The van der Waals surface area contributed by atoms with Crippen molar-refractivity contribution in [1.29, 1.82) is 0 Å². The summed E-state index contributed by atoms with van der Waals surface area (Å²) in [6, 6.07) is 2.94. The van der Waals surface area contributed by atoms with E-state index in [4.69, 9.17) is 0 Å². The highest BCUT2D eigenvalue weighted by molar-refractivity contribution is 6.05. The van der Waals surface area contributed by atoms with E-state index in [1.165, 1.54) is 6.33 Å². The summed E-state index contributed by atoms with van der Waals surface area (Å²) in [7, 11) is 0. The van der Waals surface area contributed by atoms with Gasteiger partial charge in [-0.3, -0.25) is 4.79 Å². The lowest BCUT2D eigenvalue weighted by molar-refractivity contribution is 0.102. The van der Waals surface area contributed by atoms with E-state index in [9.17, 15) is 13.6 Å². The fraction of sp³-hybridized carbons (Fsp3) is 0.154. The Morgan fingerprint density at radius 3 is 2.37 bits per heavy atom. The topological polar surface area (TPSA) is 54.9 Å². The first kappa shape index (κ1) is 13.1. The summed E-state index contributed by atoms with van der Waals surface area (Å²) < 4.78 is 26.2. The van der Waals surface area contributed by atoms with Crippen molar-refractivity contribution < 1.29 is 13.6 Å². The third-order valence-electron chi connectivity index (χ3n) is 2.63. The van der Waals surface area contributed by atoms with Gasteiger partial charge in [0.15, 0.2) is 0 Å². The molecule has 2 aromatic rings. The highest BCUT2D eigenvalue weighted by atomic mass is 19.1. The number of hydrogen-bond acceptors (Lipinski definition) is 3. The fourth-order valence-corrected chi connectivity index (χ4v) is 1.70. The van der Waals surface area contributed by atoms with Gasteiger partial charge in [0.1, 0.15) is 18.0 Å². The van der Waals surface area contributed by atoms with Gasteiger partial charge in [-0.15, -0.1) is 0 Å². The van der Waals surface area contributed by atoms with Crippen molar-refractivity contribution in [3.63, 3.8) is 0 Å². The molecule has 0 aliphatic rings. The second-order valence-corrected chi connectivity index (χ2v) is 4.00. The van der Waals surface area contributed by atoms with E-state index < -0.39 is 17.5 Å². The number of carbonyl (C=O) groups excluding carboxylic acids is 1. The summed E-state index contributed by atoms with van der Waals surface area (Å²) in [5, 5.41) is 2.37. The van der Waals surface area contributed by atoms with Gasteiger partial charge in [-0.1, -0.05) is 0 Å². The van der Waals surface area contributed by atoms with Gasteiger partial charge in [-0.25, -0.2) is 18.7 Å². The maximum absolute atomic E-state index is 13.4. The number of aryl methyl sites for hydroxylation is 2. The second kappa shape index (κ2) is 5.09. The summed E-state index contributed by atoms with van der Waals surface area (Å²) >= 11 is 0. The number of halogens is 2. The summed E-state index contributed by atoms with van der Waals surface area (Å²) in [6.45, 7) is 3.31. The molecule has 0 unspecified atom stereocenters. The molecule has 0 aliphatic heterocycles. The molecule has 1 aromatic heterocycles. The van der Waals surface area contributed by atoms with Crippen LogP contribution >= 0.6 is 0 Å². The SMILES string of the molecule is Cc1ncnc(C)c1C(=O)Nc1ccc(F)cc1F. The molecule has 1 aromatic carbocycles. The Labute approximate surface area is 108 Å². The average Bonchev–Trinajstić information content (AvgIpc) is 2.32. The second-order valence-electron chi connectivity index (χ2n) is 4.00. The standard InChI is InChI=1S/C13H11F2N3O/c1-7-12(8(2)17-6-16-7)13(19)18-11-4-3-9(14)5-10(11)15/h3-6H,1-2H3,(H,18,19). The molecule has 2 rings (SSSR count). The van der Waals surface area contributed by atoms with E-state index in [-0.39, 0.29) is 11.3 Å². The van der Waals surface area contributed by atoms with E-state index in [1.807, 2.05) is 0 Å². The molecule has 19 heavy (non-hydrogen) atoms. The van der Waals surface area contributed by atoms with Gasteiger partial charge in [0.25, 0.3) is 5.91 Å². The normalized spacial score (nSPS) is 10.3. The monoisotopic (exact) mass is 263 g/mol. The largest absolute Gasteiger partial charge is 0.319 e. The first-order valence-corrected chi connectivity index (χ1v) is 5.53. The third kappa shape index (κ3) is 2.73. The summed E-state index contributed by atoms with van der Waals surface area (Å²) in [5.41, 5.74) is 1.18. The van der Waals surface area contributed by atoms with Crippen molar-refractivity contribution in [2.45, 2.75) is 13.8 Å². The minimum absolute atomic E-state index is 0.0888. The number of nitrogens with zero attached hydrogens (tertiary/aromatic N) is 2. The Morgan fingerprint density at radius 2 is 1.79 bits per heavy atom. The van der Waals surface area contributed by atoms with Crippen LogP contribution in [0.15, 0.2) is 24.5 Å². The van der Waals surface area contributed by atoms with Gasteiger partial charge >= 0.3 is 0 Å². The fourth-order valence-electron chi connectivity index (χ4n) is 1.70. The van der Waals surface area contributed by atoms with Gasteiger partial charge in [-0.05, 0) is 26.0 Å². The molecule has 0 atom stereocenters. The number of anilines is 1. The van der Waals surface area contributed by atoms with Crippen molar-refractivity contribution >= 4 is 11.6 Å². The molecule has 6 heteroatoms. The summed E-state index contributed by atoms with van der Waals surface area (Å²) in [5.74, 6) is -2.06. The maximum atomic E-state index is 13.4. The Kier molecular flexibility index (Phi) is 3.50. The lowest BCUT2D eigenvalue weighted by Gasteiger charge is -2.09. The quantitative estimate of drug-likeness (QED) is 0.906. The Hall–Kier alpha value is -2.37. The van der Waals surface area contributed by atoms with E-state index in [0.717, 1.165) is 12.1 Å². The molecule has 1 N–H and O–H groups in total. The highest BCUT2D eigenvalue weighted by Crippen LogP contribution is 2.17. The number of amides is 1. The zero-order valence-corrected chi connectivity index (χ0v) is 10.4. The van der Waals surface area contributed by atoms with Crippen LogP contribution in [0.5, 0.6) is 0 Å². The molecule has 1 amide bonds. The Bertz CT molecular complexity index is 624. The number of benzene rings is 1. The van der Waals surface area contributed by atoms with Crippen molar-refractivity contribution in [3.05, 3.63) is 53.1 Å². The van der Waals surface area contributed by atoms with Gasteiger partial charge in [0.2, 0.25) is 0 Å². The molecule has 1 heterocycles. The molecule has 0 saturated heterocycles. The first-order chi connectivity index (χ1) is 8.99. The van der Waals surface area contributed by atoms with Crippen molar-refractivity contribution in [1.82, 2.24) is 9.97 Å². The lowest BCUT2D eigenvalue weighted by atomic mass is 10.1. The zero-order chi connectivity index (χ0) is 14.0. The van der Waals surface area contributed by atoms with Crippen LogP contribution in [0.25, 0.3) is 0 Å². The molecular formula is C13H11F2N3O. The number of hydrogen-bond donors (Lipinski definition) is 1. The summed E-state index contributed by atoms with van der Waals surface area (Å²) in [4.78, 5) is 19.9. The van der Waals surface area contributed by atoms with Crippen LogP contribution in [-0.4, -0.2) is 15.9 Å². The Balaban J connectivity index is 2.31. The van der Waals surface area contributed by atoms with Gasteiger partial charge < -0.3 is 5.32 Å². The molecule has 0 spiro atoms. The predicted octanol–water partition coefficient (Wildman–Crippen LogP) is 2.62. The molecule has 0 radical (unpaired) electrons. The van der Waals surface area contributed by atoms with Crippen molar-refractivity contribution in [3.8, 4) is 0 Å². The molecular weight excluding hydrogens is 252 g/mol.